The van der Waals surface area contributed by atoms with Crippen molar-refractivity contribution in [3.8, 4) is 0 Å². The maximum Gasteiger partial charge on any atom is 0.326 e. The summed E-state index contributed by atoms with van der Waals surface area (Å²) in [5, 5.41) is 19.9. The van der Waals surface area contributed by atoms with Gasteiger partial charge < -0.3 is 20.4 Å². The van der Waals surface area contributed by atoms with Gasteiger partial charge in [-0.2, -0.15) is 0 Å². The maximum absolute atomic E-state index is 11.8. The molecule has 3 N–H and O–H groups in total. The van der Waals surface area contributed by atoms with Crippen molar-refractivity contribution in [1.82, 2.24) is 10.2 Å². The van der Waals surface area contributed by atoms with Crippen LogP contribution in [0.15, 0.2) is 0 Å². The summed E-state index contributed by atoms with van der Waals surface area (Å²) in [5.74, 6) is -2.22. The minimum atomic E-state index is -1.19. The Balaban J connectivity index is 2.55. The van der Waals surface area contributed by atoms with Gasteiger partial charge >= 0.3 is 5.97 Å². The number of aliphatic hydroxyl groups excluding tert-OH is 1. The zero-order valence-corrected chi connectivity index (χ0v) is 10.3. The van der Waals surface area contributed by atoms with Crippen molar-refractivity contribution in [3.63, 3.8) is 0 Å². The standard InChI is InChI=1S/C11H18N2O5/c1-2-13-6-7(5-9(13)15)10(16)12-8(3-4-14)11(17)18/h7-8,14H,2-6H2,1H3,(H,12,16)(H,17,18)/t7?,8-/m1/s1. The Morgan fingerprint density at radius 3 is 2.67 bits per heavy atom. The second-order valence-corrected chi connectivity index (χ2v) is 4.25. The second kappa shape index (κ2) is 6.34. The third-order valence-corrected chi connectivity index (χ3v) is 3.00. The number of aliphatic carboxylic acids is 1. The number of hydrogen-bond acceptors (Lipinski definition) is 4. The van der Waals surface area contributed by atoms with Crippen LogP contribution in [0.4, 0.5) is 0 Å². The highest BCUT2D eigenvalue weighted by Crippen LogP contribution is 2.17. The molecule has 1 fully saturated rings. The predicted molar refractivity (Wildman–Crippen MR) is 61.6 cm³/mol. The van der Waals surface area contributed by atoms with Crippen LogP contribution in [-0.2, 0) is 14.4 Å². The van der Waals surface area contributed by atoms with Crippen LogP contribution in [0.25, 0.3) is 0 Å². The van der Waals surface area contributed by atoms with Gasteiger partial charge in [-0.25, -0.2) is 4.79 Å². The van der Waals surface area contributed by atoms with E-state index >= 15 is 0 Å². The number of carboxylic acids is 1. The number of carboxylic acid groups (broad SMARTS) is 1. The molecule has 1 heterocycles. The minimum absolute atomic E-state index is 0.0424. The monoisotopic (exact) mass is 258 g/mol. The van der Waals surface area contributed by atoms with Crippen molar-refractivity contribution in [2.75, 3.05) is 19.7 Å². The topological polar surface area (TPSA) is 107 Å². The molecule has 102 valence electrons. The summed E-state index contributed by atoms with van der Waals surface area (Å²) in [5.41, 5.74) is 0. The molecule has 1 rings (SSSR count). The highest BCUT2D eigenvalue weighted by atomic mass is 16.4. The molecule has 0 aromatic rings. The normalized spacial score (nSPS) is 20.9. The van der Waals surface area contributed by atoms with Gasteiger partial charge in [-0.1, -0.05) is 0 Å². The van der Waals surface area contributed by atoms with Crippen molar-refractivity contribution in [1.29, 1.82) is 0 Å². The van der Waals surface area contributed by atoms with Crippen molar-refractivity contribution in [3.05, 3.63) is 0 Å². The molecule has 7 heteroatoms. The van der Waals surface area contributed by atoms with Crippen LogP contribution >= 0.6 is 0 Å². The molecule has 1 aliphatic rings. The average Bonchev–Trinajstić information content (AvgIpc) is 2.69. The van der Waals surface area contributed by atoms with Gasteiger partial charge in [0, 0.05) is 32.5 Å². The van der Waals surface area contributed by atoms with Crippen LogP contribution in [0.5, 0.6) is 0 Å². The third kappa shape index (κ3) is 3.43. The molecule has 18 heavy (non-hydrogen) atoms. The molecule has 1 unspecified atom stereocenters. The van der Waals surface area contributed by atoms with Crippen LogP contribution < -0.4 is 5.32 Å². The molecule has 0 bridgehead atoms. The fourth-order valence-electron chi connectivity index (χ4n) is 1.93. The molecule has 0 aliphatic carbocycles. The lowest BCUT2D eigenvalue weighted by molar-refractivity contribution is -0.142. The molecule has 2 amide bonds. The largest absolute Gasteiger partial charge is 0.480 e. The number of amides is 2. The van der Waals surface area contributed by atoms with Gasteiger partial charge in [0.25, 0.3) is 0 Å². The number of nitrogens with one attached hydrogen (secondary N) is 1. The third-order valence-electron chi connectivity index (χ3n) is 3.00. The van der Waals surface area contributed by atoms with E-state index in [4.69, 9.17) is 10.2 Å². The van der Waals surface area contributed by atoms with E-state index in [0.717, 1.165) is 0 Å². The first-order valence-corrected chi connectivity index (χ1v) is 5.91. The summed E-state index contributed by atoms with van der Waals surface area (Å²) in [7, 11) is 0. The summed E-state index contributed by atoms with van der Waals surface area (Å²) in [6.45, 7) is 2.38. The van der Waals surface area contributed by atoms with Crippen molar-refractivity contribution < 1.29 is 24.6 Å². The van der Waals surface area contributed by atoms with E-state index in [1.807, 2.05) is 6.92 Å². The molecule has 1 aliphatic heterocycles. The van der Waals surface area contributed by atoms with Crippen LogP contribution in [0.3, 0.4) is 0 Å². The van der Waals surface area contributed by atoms with Gasteiger partial charge in [-0.05, 0) is 6.92 Å². The maximum atomic E-state index is 11.8. The highest BCUT2D eigenvalue weighted by Gasteiger charge is 2.34. The first-order valence-electron chi connectivity index (χ1n) is 5.91. The molecule has 0 saturated carbocycles. The van der Waals surface area contributed by atoms with E-state index in [-0.39, 0.29) is 25.4 Å². The number of carbonyl (C=O) groups excluding carboxylic acids is 2. The van der Waals surface area contributed by atoms with Crippen molar-refractivity contribution >= 4 is 17.8 Å². The van der Waals surface area contributed by atoms with Crippen LogP contribution in [0, 0.1) is 5.92 Å². The molecule has 0 aromatic heterocycles. The first-order chi connectivity index (χ1) is 8.49. The number of aliphatic hydroxyl groups is 1. The Bertz CT molecular complexity index is 344. The lowest BCUT2D eigenvalue weighted by Gasteiger charge is -2.17. The van der Waals surface area contributed by atoms with Gasteiger partial charge in [-0.15, -0.1) is 0 Å². The van der Waals surface area contributed by atoms with E-state index in [1.54, 1.807) is 4.90 Å². The van der Waals surface area contributed by atoms with Crippen LogP contribution in [0.2, 0.25) is 0 Å². The molecule has 0 spiro atoms. The molecule has 0 aromatic carbocycles. The van der Waals surface area contributed by atoms with Gasteiger partial charge in [0.1, 0.15) is 6.04 Å². The Hall–Kier alpha value is -1.63. The Labute approximate surface area is 105 Å². The number of likely N-dealkylation sites (tertiary alicyclic amines) is 1. The summed E-state index contributed by atoms with van der Waals surface area (Å²) in [6.07, 6.45) is 0.0738. The zero-order valence-electron chi connectivity index (χ0n) is 10.3. The number of rotatable bonds is 6. The zero-order chi connectivity index (χ0) is 13.7. The summed E-state index contributed by atoms with van der Waals surface area (Å²) in [6, 6.07) is -1.10. The van der Waals surface area contributed by atoms with Crippen molar-refractivity contribution in [2.24, 2.45) is 5.92 Å². The molecule has 0 radical (unpaired) electrons. The summed E-state index contributed by atoms with van der Waals surface area (Å²) in [4.78, 5) is 35.6. The minimum Gasteiger partial charge on any atom is -0.480 e. The lowest BCUT2D eigenvalue weighted by Crippen LogP contribution is -2.44. The highest BCUT2D eigenvalue weighted by molar-refractivity contribution is 5.91. The van der Waals surface area contributed by atoms with E-state index in [0.29, 0.717) is 13.1 Å². The number of carbonyl (C=O) groups is 3. The number of hydrogen-bond donors (Lipinski definition) is 3. The van der Waals surface area contributed by atoms with Crippen molar-refractivity contribution in [2.45, 2.75) is 25.8 Å². The Kier molecular flexibility index (Phi) is 5.08. The smallest absolute Gasteiger partial charge is 0.326 e. The van der Waals surface area contributed by atoms with Gasteiger partial charge in [-0.3, -0.25) is 9.59 Å². The molecular formula is C11H18N2O5. The number of nitrogens with zero attached hydrogens (tertiary/aromatic N) is 1. The molecule has 7 nitrogen and oxygen atoms in total. The predicted octanol–water partition coefficient (Wildman–Crippen LogP) is -1.19. The van der Waals surface area contributed by atoms with Gasteiger partial charge in [0.2, 0.25) is 11.8 Å². The van der Waals surface area contributed by atoms with Crippen LogP contribution in [0.1, 0.15) is 19.8 Å². The SMILES string of the molecule is CCN1CC(C(=O)N[C@H](CCO)C(=O)O)CC1=O. The Morgan fingerprint density at radius 1 is 1.56 bits per heavy atom. The van der Waals surface area contributed by atoms with Gasteiger partial charge in [0.15, 0.2) is 0 Å². The van der Waals surface area contributed by atoms with Gasteiger partial charge in [0.05, 0.1) is 5.92 Å². The van der Waals surface area contributed by atoms with Crippen LogP contribution in [-0.4, -0.2) is 58.6 Å². The fraction of sp³-hybridized carbons (Fsp3) is 0.727. The average molecular weight is 258 g/mol. The first kappa shape index (κ1) is 14.4. The summed E-state index contributed by atoms with van der Waals surface area (Å²) < 4.78 is 0. The lowest BCUT2D eigenvalue weighted by atomic mass is 10.1. The Morgan fingerprint density at radius 2 is 2.22 bits per heavy atom. The molecule has 2 atom stereocenters. The van der Waals surface area contributed by atoms with E-state index in [2.05, 4.69) is 5.32 Å². The molecular weight excluding hydrogens is 240 g/mol. The van der Waals surface area contributed by atoms with E-state index in [1.165, 1.54) is 0 Å². The second-order valence-electron chi connectivity index (χ2n) is 4.25. The molecule has 1 saturated heterocycles. The quantitative estimate of drug-likeness (QED) is 0.555. The fourth-order valence-corrected chi connectivity index (χ4v) is 1.93. The summed E-state index contributed by atoms with van der Waals surface area (Å²) >= 11 is 0. The van der Waals surface area contributed by atoms with E-state index < -0.39 is 23.8 Å². The van der Waals surface area contributed by atoms with E-state index in [9.17, 15) is 14.4 Å².